The second-order valence-corrected chi connectivity index (χ2v) is 6.15. The Morgan fingerprint density at radius 3 is 2.38 bits per heavy atom. The van der Waals surface area contributed by atoms with E-state index < -0.39 is 7.12 Å². The molecule has 2 aromatic carbocycles. The van der Waals surface area contributed by atoms with E-state index in [1.165, 1.54) is 0 Å². The summed E-state index contributed by atoms with van der Waals surface area (Å²) >= 11 is 0. The van der Waals surface area contributed by atoms with Crippen molar-refractivity contribution < 1.29 is 14.8 Å². The fourth-order valence-corrected chi connectivity index (χ4v) is 2.22. The van der Waals surface area contributed by atoms with Crippen LogP contribution in [0.2, 0.25) is 0 Å². The van der Waals surface area contributed by atoms with Crippen molar-refractivity contribution in [2.24, 2.45) is 0 Å². The van der Waals surface area contributed by atoms with Crippen molar-refractivity contribution in [3.05, 3.63) is 59.7 Å². The number of hydrogen-bond acceptors (Lipinski definition) is 3. The zero-order chi connectivity index (χ0) is 15.5. The molecule has 110 valence electrons. The zero-order valence-electron chi connectivity index (χ0n) is 12.7. The van der Waals surface area contributed by atoms with E-state index in [0.717, 1.165) is 16.9 Å². The molecule has 0 heterocycles. The fraction of sp³-hybridized carbons (Fsp3) is 0.294. The van der Waals surface area contributed by atoms with Crippen molar-refractivity contribution >= 4 is 12.6 Å². The van der Waals surface area contributed by atoms with Crippen molar-refractivity contribution in [3.63, 3.8) is 0 Å². The smallest absolute Gasteiger partial charge is 0.488 e. The van der Waals surface area contributed by atoms with Gasteiger partial charge in [-0.15, -0.1) is 0 Å². The Bertz CT molecular complexity index is 603. The largest absolute Gasteiger partial charge is 0.489 e. The van der Waals surface area contributed by atoms with Crippen LogP contribution in [-0.2, 0) is 12.0 Å². The summed E-state index contributed by atoms with van der Waals surface area (Å²) in [7, 11) is -1.45. The maximum atomic E-state index is 9.20. The minimum atomic E-state index is -1.45. The third kappa shape index (κ3) is 4.10. The lowest BCUT2D eigenvalue weighted by Gasteiger charge is -2.22. The molecule has 0 bridgehead atoms. The van der Waals surface area contributed by atoms with Crippen molar-refractivity contribution in [2.45, 2.75) is 32.8 Å². The van der Waals surface area contributed by atoms with Crippen molar-refractivity contribution in [1.29, 1.82) is 0 Å². The van der Waals surface area contributed by atoms with Crippen LogP contribution in [0.3, 0.4) is 0 Å². The lowest BCUT2D eigenvalue weighted by atomic mass is 9.80. The van der Waals surface area contributed by atoms with Crippen LogP contribution in [0.25, 0.3) is 0 Å². The number of rotatable bonds is 4. The van der Waals surface area contributed by atoms with Gasteiger partial charge in [-0.1, -0.05) is 63.2 Å². The lowest BCUT2D eigenvalue weighted by molar-refractivity contribution is 0.297. The van der Waals surface area contributed by atoms with E-state index in [4.69, 9.17) is 4.74 Å². The third-order valence-corrected chi connectivity index (χ3v) is 3.34. The van der Waals surface area contributed by atoms with E-state index in [0.29, 0.717) is 12.1 Å². The van der Waals surface area contributed by atoms with Crippen LogP contribution in [0.5, 0.6) is 5.75 Å². The van der Waals surface area contributed by atoms with Gasteiger partial charge in [-0.25, -0.2) is 0 Å². The monoisotopic (exact) mass is 284 g/mol. The Labute approximate surface area is 126 Å². The summed E-state index contributed by atoms with van der Waals surface area (Å²) in [6, 6.07) is 15.1. The zero-order valence-corrected chi connectivity index (χ0v) is 12.7. The summed E-state index contributed by atoms with van der Waals surface area (Å²) in [5.41, 5.74) is 2.55. The molecule has 0 atom stereocenters. The number of para-hydroxylation sites is 1. The second-order valence-electron chi connectivity index (χ2n) is 6.15. The first kappa shape index (κ1) is 15.6. The number of ether oxygens (including phenoxy) is 1. The van der Waals surface area contributed by atoms with Crippen LogP contribution < -0.4 is 10.2 Å². The summed E-state index contributed by atoms with van der Waals surface area (Å²) in [4.78, 5) is 0. The van der Waals surface area contributed by atoms with Gasteiger partial charge >= 0.3 is 7.12 Å². The Kier molecular flexibility index (Phi) is 4.71. The molecule has 0 aliphatic heterocycles. The third-order valence-electron chi connectivity index (χ3n) is 3.34. The Morgan fingerprint density at radius 2 is 1.71 bits per heavy atom. The molecule has 0 spiro atoms. The van der Waals surface area contributed by atoms with Crippen molar-refractivity contribution in [3.8, 4) is 5.75 Å². The van der Waals surface area contributed by atoms with Crippen molar-refractivity contribution in [1.82, 2.24) is 0 Å². The Hall–Kier alpha value is -1.78. The van der Waals surface area contributed by atoms with Gasteiger partial charge in [0.05, 0.1) is 0 Å². The van der Waals surface area contributed by atoms with Crippen LogP contribution in [0.15, 0.2) is 48.5 Å². The van der Waals surface area contributed by atoms with E-state index in [-0.39, 0.29) is 5.41 Å². The standard InChI is InChI=1S/C17H21BO3/c1-17(2,3)15-9-4-5-10-16(15)21-12-13-7-6-8-14(11-13)18(19)20/h4-11,19-20H,12H2,1-3H3. The average Bonchev–Trinajstić information content (AvgIpc) is 2.45. The van der Waals surface area contributed by atoms with Crippen LogP contribution in [0.4, 0.5) is 0 Å². The Balaban J connectivity index is 2.16. The highest BCUT2D eigenvalue weighted by Crippen LogP contribution is 2.31. The summed E-state index contributed by atoms with van der Waals surface area (Å²) in [5.74, 6) is 0.861. The predicted molar refractivity (Wildman–Crippen MR) is 85.7 cm³/mol. The fourth-order valence-electron chi connectivity index (χ4n) is 2.22. The maximum Gasteiger partial charge on any atom is 0.488 e. The first-order valence-electron chi connectivity index (χ1n) is 7.05. The predicted octanol–water partition coefficient (Wildman–Crippen LogP) is 2.24. The summed E-state index contributed by atoms with van der Waals surface area (Å²) in [6.07, 6.45) is 0. The van der Waals surface area contributed by atoms with Crippen LogP contribution in [0, 0.1) is 0 Å². The van der Waals surface area contributed by atoms with Crippen LogP contribution in [0.1, 0.15) is 31.9 Å². The SMILES string of the molecule is CC(C)(C)c1ccccc1OCc1cccc(B(O)O)c1. The molecule has 21 heavy (non-hydrogen) atoms. The molecule has 0 aromatic heterocycles. The minimum absolute atomic E-state index is 0.0136. The summed E-state index contributed by atoms with van der Waals surface area (Å²) < 4.78 is 5.92. The van der Waals surface area contributed by atoms with Crippen molar-refractivity contribution in [2.75, 3.05) is 0 Å². The van der Waals surface area contributed by atoms with Gasteiger partial charge in [0.2, 0.25) is 0 Å². The maximum absolute atomic E-state index is 9.20. The van der Waals surface area contributed by atoms with Gasteiger partial charge in [0.1, 0.15) is 12.4 Å². The van der Waals surface area contributed by atoms with E-state index in [9.17, 15) is 10.0 Å². The van der Waals surface area contributed by atoms with Crippen LogP contribution >= 0.6 is 0 Å². The molecule has 0 amide bonds. The molecular weight excluding hydrogens is 263 g/mol. The minimum Gasteiger partial charge on any atom is -0.489 e. The number of hydrogen-bond donors (Lipinski definition) is 2. The molecule has 2 aromatic rings. The van der Waals surface area contributed by atoms with E-state index >= 15 is 0 Å². The highest BCUT2D eigenvalue weighted by Gasteiger charge is 2.18. The molecule has 0 saturated heterocycles. The van der Waals surface area contributed by atoms with Gasteiger partial charge in [0, 0.05) is 0 Å². The first-order valence-corrected chi connectivity index (χ1v) is 7.05. The molecule has 4 heteroatoms. The molecule has 0 fully saturated rings. The van der Waals surface area contributed by atoms with Gasteiger partial charge in [-0.3, -0.25) is 0 Å². The molecule has 3 nitrogen and oxygen atoms in total. The topological polar surface area (TPSA) is 49.7 Å². The average molecular weight is 284 g/mol. The summed E-state index contributed by atoms with van der Waals surface area (Å²) in [5, 5.41) is 18.4. The molecule has 0 saturated carbocycles. The van der Waals surface area contributed by atoms with Gasteiger partial charge < -0.3 is 14.8 Å². The number of benzene rings is 2. The molecule has 2 rings (SSSR count). The van der Waals surface area contributed by atoms with Gasteiger partial charge in [0.15, 0.2) is 0 Å². The lowest BCUT2D eigenvalue weighted by Crippen LogP contribution is -2.29. The quantitative estimate of drug-likeness (QED) is 0.847. The Morgan fingerprint density at radius 1 is 1.00 bits per heavy atom. The normalized spacial score (nSPS) is 11.3. The molecular formula is C17H21BO3. The first-order chi connectivity index (χ1) is 9.88. The van der Waals surface area contributed by atoms with Gasteiger partial charge in [-0.05, 0) is 28.1 Å². The second kappa shape index (κ2) is 6.33. The summed E-state index contributed by atoms with van der Waals surface area (Å²) in [6.45, 7) is 6.85. The van der Waals surface area contributed by atoms with E-state index in [1.807, 2.05) is 24.3 Å². The molecule has 2 N–H and O–H groups in total. The molecule has 0 aliphatic carbocycles. The molecule has 0 radical (unpaired) electrons. The van der Waals surface area contributed by atoms with Gasteiger partial charge in [-0.2, -0.15) is 0 Å². The van der Waals surface area contributed by atoms with Gasteiger partial charge in [0.25, 0.3) is 0 Å². The van der Waals surface area contributed by atoms with E-state index in [1.54, 1.807) is 18.2 Å². The highest BCUT2D eigenvalue weighted by atomic mass is 16.5. The highest BCUT2D eigenvalue weighted by molar-refractivity contribution is 6.58. The molecule has 0 unspecified atom stereocenters. The molecule has 0 aliphatic rings. The van der Waals surface area contributed by atoms with E-state index in [2.05, 4.69) is 26.8 Å². The van der Waals surface area contributed by atoms with Crippen LogP contribution in [-0.4, -0.2) is 17.2 Å².